The van der Waals surface area contributed by atoms with E-state index in [9.17, 15) is 9.90 Å². The van der Waals surface area contributed by atoms with Gasteiger partial charge in [0, 0.05) is 23.5 Å². The van der Waals surface area contributed by atoms with Gasteiger partial charge in [0.25, 0.3) is 5.91 Å². The molecule has 5 heteroatoms. The zero-order valence-electron chi connectivity index (χ0n) is 15.3. The molecule has 0 saturated carbocycles. The maximum Gasteiger partial charge on any atom is 0.275 e. The standard InChI is InChI=1S/C23H19N3O2/c1-26-20-13-7-5-11-17(20)19(22(26)16-9-3-2-4-10-16)15-24-25-23(28)18-12-6-8-14-21(18)27/h2-15,27H,1H3,(H,25,28). The number of hydrazone groups is 1. The number of amides is 1. The molecule has 0 fully saturated rings. The smallest absolute Gasteiger partial charge is 0.275 e. The van der Waals surface area contributed by atoms with E-state index in [1.54, 1.807) is 24.4 Å². The van der Waals surface area contributed by atoms with E-state index in [2.05, 4.69) is 21.2 Å². The number of hydrogen-bond donors (Lipinski definition) is 2. The van der Waals surface area contributed by atoms with E-state index in [1.807, 2.05) is 55.6 Å². The summed E-state index contributed by atoms with van der Waals surface area (Å²) in [7, 11) is 2.02. The van der Waals surface area contributed by atoms with Crippen molar-refractivity contribution in [3.05, 3.63) is 90.0 Å². The number of aromatic nitrogens is 1. The lowest BCUT2D eigenvalue weighted by molar-refractivity contribution is 0.0952. The molecule has 3 aromatic carbocycles. The minimum absolute atomic E-state index is 0.0784. The maximum atomic E-state index is 12.3. The fraction of sp³-hybridized carbons (Fsp3) is 0.0435. The van der Waals surface area contributed by atoms with Gasteiger partial charge in [-0.05, 0) is 23.8 Å². The van der Waals surface area contributed by atoms with Crippen LogP contribution in [0.25, 0.3) is 22.2 Å². The first-order valence-electron chi connectivity index (χ1n) is 8.91. The average molecular weight is 369 g/mol. The van der Waals surface area contributed by atoms with Crippen LogP contribution in [0.4, 0.5) is 0 Å². The summed E-state index contributed by atoms with van der Waals surface area (Å²) >= 11 is 0. The molecular formula is C23H19N3O2. The van der Waals surface area contributed by atoms with E-state index in [1.165, 1.54) is 6.07 Å². The van der Waals surface area contributed by atoms with Crippen molar-refractivity contribution in [2.24, 2.45) is 12.1 Å². The van der Waals surface area contributed by atoms with Gasteiger partial charge >= 0.3 is 0 Å². The Balaban J connectivity index is 1.73. The molecule has 1 heterocycles. The molecule has 0 bridgehead atoms. The number of fused-ring (bicyclic) bond motifs is 1. The molecule has 4 aromatic rings. The molecule has 1 amide bonds. The van der Waals surface area contributed by atoms with E-state index in [0.29, 0.717) is 0 Å². The van der Waals surface area contributed by atoms with Crippen LogP contribution in [0.5, 0.6) is 5.75 Å². The van der Waals surface area contributed by atoms with Crippen LogP contribution in [0.15, 0.2) is 84.0 Å². The molecular weight excluding hydrogens is 350 g/mol. The minimum atomic E-state index is -0.462. The lowest BCUT2D eigenvalue weighted by atomic mass is 10.1. The number of nitrogens with one attached hydrogen (secondary N) is 1. The molecule has 0 unspecified atom stereocenters. The summed E-state index contributed by atoms with van der Waals surface area (Å²) in [6, 6.07) is 24.5. The van der Waals surface area contributed by atoms with Crippen molar-refractivity contribution in [2.45, 2.75) is 0 Å². The summed E-state index contributed by atoms with van der Waals surface area (Å²) in [6.45, 7) is 0. The van der Waals surface area contributed by atoms with Crippen LogP contribution >= 0.6 is 0 Å². The third-order valence-electron chi connectivity index (χ3n) is 4.70. The van der Waals surface area contributed by atoms with Crippen LogP contribution in [-0.4, -0.2) is 21.8 Å². The van der Waals surface area contributed by atoms with Gasteiger partial charge < -0.3 is 9.67 Å². The van der Waals surface area contributed by atoms with Crippen molar-refractivity contribution in [3.63, 3.8) is 0 Å². The summed E-state index contributed by atoms with van der Waals surface area (Å²) in [5.74, 6) is -0.541. The summed E-state index contributed by atoms with van der Waals surface area (Å²) in [5.41, 5.74) is 6.76. The number of phenolic OH excluding ortho intramolecular Hbond substituents is 1. The van der Waals surface area contributed by atoms with Crippen molar-refractivity contribution < 1.29 is 9.90 Å². The quantitative estimate of drug-likeness (QED) is 0.416. The lowest BCUT2D eigenvalue weighted by Gasteiger charge is -2.06. The minimum Gasteiger partial charge on any atom is -0.507 e. The van der Waals surface area contributed by atoms with Crippen LogP contribution in [0.3, 0.4) is 0 Å². The SMILES string of the molecule is Cn1c(-c2ccccc2)c(C=NNC(=O)c2ccccc2O)c2ccccc21. The highest BCUT2D eigenvalue weighted by Gasteiger charge is 2.15. The number of carbonyl (C=O) groups is 1. The number of para-hydroxylation sites is 2. The van der Waals surface area contributed by atoms with Gasteiger partial charge in [-0.15, -0.1) is 0 Å². The zero-order chi connectivity index (χ0) is 19.5. The second kappa shape index (κ2) is 7.40. The van der Waals surface area contributed by atoms with E-state index in [4.69, 9.17) is 0 Å². The van der Waals surface area contributed by atoms with Gasteiger partial charge in [-0.1, -0.05) is 60.7 Å². The van der Waals surface area contributed by atoms with Crippen molar-refractivity contribution in [2.75, 3.05) is 0 Å². The van der Waals surface area contributed by atoms with Gasteiger partial charge in [-0.3, -0.25) is 4.79 Å². The largest absolute Gasteiger partial charge is 0.507 e. The van der Waals surface area contributed by atoms with Crippen molar-refractivity contribution >= 4 is 23.0 Å². The molecule has 0 aliphatic heterocycles. The summed E-state index contributed by atoms with van der Waals surface area (Å²) in [5, 5.41) is 15.0. The molecule has 0 spiro atoms. The third-order valence-corrected chi connectivity index (χ3v) is 4.70. The molecule has 5 nitrogen and oxygen atoms in total. The fourth-order valence-corrected chi connectivity index (χ4v) is 3.38. The Morgan fingerprint density at radius 3 is 2.43 bits per heavy atom. The summed E-state index contributed by atoms with van der Waals surface area (Å²) in [4.78, 5) is 12.3. The highest BCUT2D eigenvalue weighted by Crippen LogP contribution is 2.31. The second-order valence-corrected chi connectivity index (χ2v) is 6.42. The van der Waals surface area contributed by atoms with Gasteiger partial charge in [-0.2, -0.15) is 5.10 Å². The van der Waals surface area contributed by atoms with Gasteiger partial charge in [0.1, 0.15) is 5.75 Å². The summed E-state index contributed by atoms with van der Waals surface area (Å²) in [6.07, 6.45) is 1.66. The topological polar surface area (TPSA) is 66.6 Å². The third kappa shape index (κ3) is 3.14. The number of phenols is 1. The number of benzene rings is 3. The average Bonchev–Trinajstić information content (AvgIpc) is 3.01. The van der Waals surface area contributed by atoms with E-state index in [0.717, 1.165) is 27.7 Å². The predicted molar refractivity (Wildman–Crippen MR) is 112 cm³/mol. The van der Waals surface area contributed by atoms with Crippen LogP contribution in [0, 0.1) is 0 Å². The Kier molecular flexibility index (Phi) is 4.64. The molecule has 0 radical (unpaired) electrons. The Labute approximate surface area is 162 Å². The van der Waals surface area contributed by atoms with E-state index >= 15 is 0 Å². The van der Waals surface area contributed by atoms with Crippen LogP contribution in [-0.2, 0) is 7.05 Å². The van der Waals surface area contributed by atoms with Gasteiger partial charge in [0.2, 0.25) is 0 Å². The van der Waals surface area contributed by atoms with E-state index < -0.39 is 5.91 Å². The van der Waals surface area contributed by atoms with Gasteiger partial charge in [-0.25, -0.2) is 5.43 Å². The Hall–Kier alpha value is -3.86. The van der Waals surface area contributed by atoms with Crippen molar-refractivity contribution in [1.82, 2.24) is 9.99 Å². The molecule has 0 aliphatic rings. The number of aromatic hydroxyl groups is 1. The first kappa shape index (κ1) is 17.5. The molecule has 0 saturated heterocycles. The number of hydrogen-bond acceptors (Lipinski definition) is 3. The first-order valence-corrected chi connectivity index (χ1v) is 8.91. The molecule has 28 heavy (non-hydrogen) atoms. The molecule has 1 aromatic heterocycles. The van der Waals surface area contributed by atoms with Crippen molar-refractivity contribution in [1.29, 1.82) is 0 Å². The van der Waals surface area contributed by atoms with Crippen molar-refractivity contribution in [3.8, 4) is 17.0 Å². The lowest BCUT2D eigenvalue weighted by Crippen LogP contribution is -2.17. The molecule has 0 atom stereocenters. The Morgan fingerprint density at radius 2 is 1.64 bits per heavy atom. The fourth-order valence-electron chi connectivity index (χ4n) is 3.38. The number of carbonyl (C=O) groups excluding carboxylic acids is 1. The highest BCUT2D eigenvalue weighted by atomic mass is 16.3. The Morgan fingerprint density at radius 1 is 0.964 bits per heavy atom. The number of aryl methyl sites for hydroxylation is 1. The van der Waals surface area contributed by atoms with Gasteiger partial charge in [0.15, 0.2) is 0 Å². The Bertz CT molecular complexity index is 1180. The molecule has 138 valence electrons. The maximum absolute atomic E-state index is 12.3. The number of rotatable bonds is 4. The monoisotopic (exact) mass is 369 g/mol. The first-order chi connectivity index (χ1) is 13.7. The van der Waals surface area contributed by atoms with Crippen LogP contribution in [0.2, 0.25) is 0 Å². The zero-order valence-corrected chi connectivity index (χ0v) is 15.3. The predicted octanol–water partition coefficient (Wildman–Crippen LogP) is 4.31. The van der Waals surface area contributed by atoms with Crippen LogP contribution in [0.1, 0.15) is 15.9 Å². The molecule has 4 rings (SSSR count). The van der Waals surface area contributed by atoms with Gasteiger partial charge in [0.05, 0.1) is 17.5 Å². The van der Waals surface area contributed by atoms with Crippen LogP contribution < -0.4 is 5.43 Å². The second-order valence-electron chi connectivity index (χ2n) is 6.42. The normalized spacial score (nSPS) is 11.2. The van der Waals surface area contributed by atoms with E-state index in [-0.39, 0.29) is 11.3 Å². The summed E-state index contributed by atoms with van der Waals surface area (Å²) < 4.78 is 2.12. The molecule has 0 aliphatic carbocycles. The molecule has 2 N–H and O–H groups in total. The number of nitrogens with zero attached hydrogens (tertiary/aromatic N) is 2. The highest BCUT2D eigenvalue weighted by molar-refractivity contribution is 6.07.